The minimum Gasteiger partial charge on any atom is -0.496 e. The van der Waals surface area contributed by atoms with E-state index in [9.17, 15) is 9.59 Å². The summed E-state index contributed by atoms with van der Waals surface area (Å²) >= 11 is 6.07. The maximum Gasteiger partial charge on any atom is 0.257 e. The fourth-order valence-corrected chi connectivity index (χ4v) is 4.36. The highest BCUT2D eigenvalue weighted by molar-refractivity contribution is 6.31. The van der Waals surface area contributed by atoms with Gasteiger partial charge >= 0.3 is 0 Å². The Labute approximate surface area is 194 Å². The van der Waals surface area contributed by atoms with Gasteiger partial charge in [0.1, 0.15) is 11.5 Å². The first-order chi connectivity index (χ1) is 15.3. The molecule has 8 heteroatoms. The number of hydrogen-bond donors (Lipinski definition) is 0. The van der Waals surface area contributed by atoms with Crippen LogP contribution in [0.2, 0.25) is 5.02 Å². The average molecular weight is 460 g/mol. The number of halogens is 1. The van der Waals surface area contributed by atoms with E-state index in [0.29, 0.717) is 48.8 Å². The number of carbonyl (C=O) groups is 2. The number of amides is 2. The van der Waals surface area contributed by atoms with E-state index in [4.69, 9.17) is 21.1 Å². The van der Waals surface area contributed by atoms with Gasteiger partial charge in [0.15, 0.2) is 0 Å². The molecule has 0 spiro atoms. The van der Waals surface area contributed by atoms with Crippen molar-refractivity contribution in [1.82, 2.24) is 14.8 Å². The number of piperidine rings is 1. The number of benzene rings is 1. The van der Waals surface area contributed by atoms with Crippen LogP contribution in [0.25, 0.3) is 0 Å². The molecule has 7 nitrogen and oxygen atoms in total. The zero-order valence-corrected chi connectivity index (χ0v) is 20.0. The molecule has 0 radical (unpaired) electrons. The molecule has 0 aliphatic carbocycles. The highest BCUT2D eigenvalue weighted by Gasteiger charge is 2.31. The molecule has 0 unspecified atom stereocenters. The Hall–Kier alpha value is -2.80. The van der Waals surface area contributed by atoms with E-state index < -0.39 is 0 Å². The van der Waals surface area contributed by atoms with Crippen LogP contribution in [0, 0.1) is 19.8 Å². The minimum atomic E-state index is -0.129. The topological polar surface area (TPSA) is 72.0 Å². The zero-order chi connectivity index (χ0) is 23.4. The third kappa shape index (κ3) is 4.99. The largest absolute Gasteiger partial charge is 0.496 e. The molecule has 0 saturated carbocycles. The summed E-state index contributed by atoms with van der Waals surface area (Å²) in [7, 11) is 4.97. The first kappa shape index (κ1) is 23.9. The van der Waals surface area contributed by atoms with E-state index >= 15 is 0 Å². The van der Waals surface area contributed by atoms with Crippen molar-refractivity contribution in [1.29, 1.82) is 0 Å². The minimum absolute atomic E-state index is 0.0678. The van der Waals surface area contributed by atoms with Gasteiger partial charge in [-0.05, 0) is 44.9 Å². The summed E-state index contributed by atoms with van der Waals surface area (Å²) in [6, 6.07) is 5.01. The molecule has 172 valence electrons. The quantitative estimate of drug-likeness (QED) is 0.655. The van der Waals surface area contributed by atoms with Gasteiger partial charge in [-0.2, -0.15) is 0 Å². The van der Waals surface area contributed by atoms with Crippen LogP contribution in [-0.2, 0) is 11.3 Å². The third-order valence-electron chi connectivity index (χ3n) is 6.04. The molecule has 3 rings (SSSR count). The molecule has 1 saturated heterocycles. The molecule has 1 aliphatic heterocycles. The lowest BCUT2D eigenvalue weighted by Gasteiger charge is -2.33. The Morgan fingerprint density at radius 2 is 1.88 bits per heavy atom. The van der Waals surface area contributed by atoms with Crippen molar-refractivity contribution in [2.24, 2.45) is 5.92 Å². The SMILES string of the molecule is COc1ccc(Cl)cc1C(=O)N1CCC(C(=O)N(C)Cc2ncc(C)c(OC)c2C)CC1. The Kier molecular flexibility index (Phi) is 7.61. The van der Waals surface area contributed by atoms with Crippen LogP contribution in [0.15, 0.2) is 24.4 Å². The molecular formula is C24H30ClN3O4. The summed E-state index contributed by atoms with van der Waals surface area (Å²) in [5.41, 5.74) is 3.18. The fourth-order valence-electron chi connectivity index (χ4n) is 4.19. The fraction of sp³-hybridized carbons (Fsp3) is 0.458. The van der Waals surface area contributed by atoms with Crippen molar-refractivity contribution >= 4 is 23.4 Å². The molecule has 0 N–H and O–H groups in total. The number of carbonyl (C=O) groups excluding carboxylic acids is 2. The predicted octanol–water partition coefficient (Wildman–Crippen LogP) is 3.88. The van der Waals surface area contributed by atoms with Crippen LogP contribution < -0.4 is 9.47 Å². The van der Waals surface area contributed by atoms with Gasteiger partial charge < -0.3 is 19.3 Å². The summed E-state index contributed by atoms with van der Waals surface area (Å²) in [6.07, 6.45) is 3.00. The second kappa shape index (κ2) is 10.2. The van der Waals surface area contributed by atoms with Gasteiger partial charge in [-0.25, -0.2) is 0 Å². The lowest BCUT2D eigenvalue weighted by atomic mass is 9.94. The van der Waals surface area contributed by atoms with Crippen LogP contribution in [0.4, 0.5) is 0 Å². The van der Waals surface area contributed by atoms with Gasteiger partial charge in [0.05, 0.1) is 32.0 Å². The van der Waals surface area contributed by atoms with Crippen molar-refractivity contribution in [2.45, 2.75) is 33.2 Å². The molecule has 2 aromatic rings. The number of aromatic nitrogens is 1. The molecule has 2 amide bonds. The second-order valence-electron chi connectivity index (χ2n) is 8.15. The van der Waals surface area contributed by atoms with Crippen LogP contribution in [0.3, 0.4) is 0 Å². The zero-order valence-electron chi connectivity index (χ0n) is 19.3. The summed E-state index contributed by atoms with van der Waals surface area (Å²) in [4.78, 5) is 34.0. The maximum atomic E-state index is 13.1. The van der Waals surface area contributed by atoms with E-state index in [1.54, 1.807) is 48.4 Å². The number of aryl methyl sites for hydroxylation is 1. The molecule has 1 aliphatic rings. The number of pyridine rings is 1. The second-order valence-corrected chi connectivity index (χ2v) is 8.59. The Balaban J connectivity index is 1.62. The number of rotatable bonds is 6. The Morgan fingerprint density at radius 3 is 2.50 bits per heavy atom. The summed E-state index contributed by atoms with van der Waals surface area (Å²) in [5.74, 6) is 1.11. The van der Waals surface area contributed by atoms with Gasteiger partial charge in [0, 0.05) is 48.4 Å². The molecule has 1 aromatic carbocycles. The summed E-state index contributed by atoms with van der Waals surface area (Å²) < 4.78 is 10.8. The maximum absolute atomic E-state index is 13.1. The van der Waals surface area contributed by atoms with Crippen molar-refractivity contribution in [2.75, 3.05) is 34.4 Å². The number of likely N-dealkylation sites (tertiary alicyclic amines) is 1. The molecule has 0 bridgehead atoms. The van der Waals surface area contributed by atoms with Crippen molar-refractivity contribution < 1.29 is 19.1 Å². The summed E-state index contributed by atoms with van der Waals surface area (Å²) in [5, 5.41) is 0.484. The van der Waals surface area contributed by atoms with Crippen molar-refractivity contribution in [3.63, 3.8) is 0 Å². The van der Waals surface area contributed by atoms with E-state index in [2.05, 4.69) is 4.98 Å². The number of nitrogens with zero attached hydrogens (tertiary/aromatic N) is 3. The molecule has 1 fully saturated rings. The van der Waals surface area contributed by atoms with E-state index in [0.717, 1.165) is 22.6 Å². The average Bonchev–Trinajstić information content (AvgIpc) is 2.80. The lowest BCUT2D eigenvalue weighted by molar-refractivity contribution is -0.136. The van der Waals surface area contributed by atoms with E-state index in [1.165, 1.54) is 7.11 Å². The Bertz CT molecular complexity index is 1000. The highest BCUT2D eigenvalue weighted by atomic mass is 35.5. The van der Waals surface area contributed by atoms with E-state index in [-0.39, 0.29) is 17.7 Å². The smallest absolute Gasteiger partial charge is 0.257 e. The number of methoxy groups -OCH3 is 2. The van der Waals surface area contributed by atoms with Gasteiger partial charge in [0.25, 0.3) is 5.91 Å². The molecule has 1 aromatic heterocycles. The van der Waals surface area contributed by atoms with Gasteiger partial charge in [-0.15, -0.1) is 0 Å². The first-order valence-corrected chi connectivity index (χ1v) is 11.0. The van der Waals surface area contributed by atoms with Crippen LogP contribution >= 0.6 is 11.6 Å². The number of hydrogen-bond acceptors (Lipinski definition) is 5. The van der Waals surface area contributed by atoms with E-state index in [1.807, 2.05) is 13.8 Å². The monoisotopic (exact) mass is 459 g/mol. The van der Waals surface area contributed by atoms with Gasteiger partial charge in [-0.1, -0.05) is 11.6 Å². The van der Waals surface area contributed by atoms with Crippen LogP contribution in [0.1, 0.15) is 40.0 Å². The highest BCUT2D eigenvalue weighted by Crippen LogP contribution is 2.28. The number of ether oxygens (including phenoxy) is 2. The molecular weight excluding hydrogens is 430 g/mol. The van der Waals surface area contributed by atoms with Crippen LogP contribution in [0.5, 0.6) is 11.5 Å². The van der Waals surface area contributed by atoms with Crippen molar-refractivity contribution in [3.05, 3.63) is 51.8 Å². The lowest BCUT2D eigenvalue weighted by Crippen LogP contribution is -2.43. The predicted molar refractivity (Wildman–Crippen MR) is 123 cm³/mol. The molecule has 32 heavy (non-hydrogen) atoms. The standard InChI is InChI=1S/C24H30ClN3O4/c1-15-13-26-20(16(2)22(15)32-5)14-27(3)23(29)17-8-10-28(11-9-17)24(30)19-12-18(25)6-7-21(19)31-4/h6-7,12-13,17H,8-11,14H2,1-5H3. The third-order valence-corrected chi connectivity index (χ3v) is 6.27. The van der Waals surface area contributed by atoms with Gasteiger partial charge in [-0.3, -0.25) is 14.6 Å². The first-order valence-electron chi connectivity index (χ1n) is 10.6. The van der Waals surface area contributed by atoms with Crippen LogP contribution in [-0.4, -0.2) is 61.0 Å². The van der Waals surface area contributed by atoms with Crippen molar-refractivity contribution in [3.8, 4) is 11.5 Å². The molecule has 2 heterocycles. The normalized spacial score (nSPS) is 14.2. The Morgan fingerprint density at radius 1 is 1.19 bits per heavy atom. The molecule has 0 atom stereocenters. The summed E-state index contributed by atoms with van der Waals surface area (Å²) in [6.45, 7) is 5.34. The van der Waals surface area contributed by atoms with Gasteiger partial charge in [0.2, 0.25) is 5.91 Å².